The summed E-state index contributed by atoms with van der Waals surface area (Å²) >= 11 is 1.38. The molecule has 0 radical (unpaired) electrons. The number of hydrogen-bond acceptors (Lipinski definition) is 5. The largest absolute Gasteiger partial charge is 0.340 e. The molecule has 1 aromatic heterocycles. The van der Waals surface area contributed by atoms with Gasteiger partial charge < -0.3 is 4.90 Å². The lowest BCUT2D eigenvalue weighted by atomic mass is 10.2. The molecule has 0 spiro atoms. The summed E-state index contributed by atoms with van der Waals surface area (Å²) in [6.07, 6.45) is 4.56. The topological polar surface area (TPSA) is 63.9 Å². The second kappa shape index (κ2) is 7.95. The van der Waals surface area contributed by atoms with Crippen molar-refractivity contribution >= 4 is 17.7 Å². The fraction of sp³-hybridized carbons (Fsp3) is 0.529. The van der Waals surface area contributed by atoms with Gasteiger partial charge in [0.1, 0.15) is 5.82 Å². The van der Waals surface area contributed by atoms with Gasteiger partial charge in [0.15, 0.2) is 0 Å². The quantitative estimate of drug-likeness (QED) is 0.738. The smallest absolute Gasteiger partial charge is 0.235 e. The molecule has 1 amide bonds. The molecule has 8 heteroatoms. The van der Waals surface area contributed by atoms with Crippen LogP contribution in [0.25, 0.3) is 0 Å². The summed E-state index contributed by atoms with van der Waals surface area (Å²) in [5, 5.41) is 12.3. The molecule has 25 heavy (non-hydrogen) atoms. The summed E-state index contributed by atoms with van der Waals surface area (Å²) in [5.41, 5.74) is 0.767. The van der Waals surface area contributed by atoms with E-state index >= 15 is 0 Å². The third-order valence-electron chi connectivity index (χ3n) is 4.45. The molecule has 1 atom stereocenters. The van der Waals surface area contributed by atoms with Gasteiger partial charge in [-0.05, 0) is 47.9 Å². The maximum absolute atomic E-state index is 13.3. The van der Waals surface area contributed by atoms with Crippen molar-refractivity contribution in [2.24, 2.45) is 0 Å². The van der Waals surface area contributed by atoms with E-state index in [9.17, 15) is 9.18 Å². The van der Waals surface area contributed by atoms with Crippen LogP contribution in [0.5, 0.6) is 0 Å². The number of aromatic nitrogens is 4. The Hall–Kier alpha value is -1.96. The fourth-order valence-electron chi connectivity index (χ4n) is 3.15. The molecule has 1 fully saturated rings. The molecule has 1 unspecified atom stereocenters. The summed E-state index contributed by atoms with van der Waals surface area (Å²) in [7, 11) is 1.73. The van der Waals surface area contributed by atoms with E-state index in [0.29, 0.717) is 17.7 Å². The zero-order valence-electron chi connectivity index (χ0n) is 14.4. The average molecular weight is 363 g/mol. The highest BCUT2D eigenvalue weighted by Crippen LogP contribution is 2.32. The van der Waals surface area contributed by atoms with E-state index in [4.69, 9.17) is 0 Å². The maximum atomic E-state index is 13.3. The van der Waals surface area contributed by atoms with E-state index in [1.807, 2.05) is 17.7 Å². The van der Waals surface area contributed by atoms with Crippen LogP contribution >= 0.6 is 11.8 Å². The Balaban J connectivity index is 1.61. The molecular weight excluding hydrogens is 341 g/mol. The molecule has 0 N–H and O–H groups in total. The van der Waals surface area contributed by atoms with Crippen molar-refractivity contribution in [3.05, 3.63) is 35.6 Å². The van der Waals surface area contributed by atoms with E-state index in [0.717, 1.165) is 18.4 Å². The Morgan fingerprint density at radius 2 is 2.20 bits per heavy atom. The molecule has 3 rings (SSSR count). The minimum Gasteiger partial charge on any atom is -0.340 e. The molecule has 1 aromatic carbocycles. The van der Waals surface area contributed by atoms with Crippen LogP contribution < -0.4 is 0 Å². The average Bonchev–Trinajstić information content (AvgIpc) is 3.25. The monoisotopic (exact) mass is 363 g/mol. The van der Waals surface area contributed by atoms with Gasteiger partial charge in [0.25, 0.3) is 0 Å². The van der Waals surface area contributed by atoms with Gasteiger partial charge in [0.05, 0.1) is 11.3 Å². The number of nitrogens with zero attached hydrogens (tertiary/aromatic N) is 5. The Kier molecular flexibility index (Phi) is 5.67. The number of carbonyl (C=O) groups excluding carboxylic acids is 1. The van der Waals surface area contributed by atoms with Crippen LogP contribution in [-0.2, 0) is 11.3 Å². The molecule has 1 aliphatic carbocycles. The minimum atomic E-state index is -0.315. The molecule has 1 aliphatic rings. The van der Waals surface area contributed by atoms with E-state index < -0.39 is 0 Å². The Labute approximate surface area is 150 Å². The van der Waals surface area contributed by atoms with Crippen molar-refractivity contribution in [2.75, 3.05) is 7.05 Å². The number of rotatable bonds is 6. The summed E-state index contributed by atoms with van der Waals surface area (Å²) in [5.74, 6) is -0.327. The maximum Gasteiger partial charge on any atom is 0.235 e. The predicted octanol–water partition coefficient (Wildman–Crippen LogP) is 3.07. The first-order valence-electron chi connectivity index (χ1n) is 8.48. The van der Waals surface area contributed by atoms with Crippen LogP contribution in [-0.4, -0.2) is 43.3 Å². The number of benzene rings is 1. The van der Waals surface area contributed by atoms with Gasteiger partial charge in [-0.3, -0.25) is 4.79 Å². The summed E-state index contributed by atoms with van der Waals surface area (Å²) in [4.78, 5) is 14.2. The van der Waals surface area contributed by atoms with Crippen molar-refractivity contribution in [3.63, 3.8) is 0 Å². The Bertz CT molecular complexity index is 731. The first kappa shape index (κ1) is 17.8. The number of thioether (sulfide) groups is 1. The first-order chi connectivity index (χ1) is 12.0. The van der Waals surface area contributed by atoms with Crippen molar-refractivity contribution < 1.29 is 9.18 Å². The third kappa shape index (κ3) is 4.36. The zero-order chi connectivity index (χ0) is 17.8. The number of hydrogen-bond donors (Lipinski definition) is 0. The summed E-state index contributed by atoms with van der Waals surface area (Å²) < 4.78 is 15.1. The molecule has 0 aliphatic heterocycles. The highest BCUT2D eigenvalue weighted by molar-refractivity contribution is 8.00. The van der Waals surface area contributed by atoms with Crippen molar-refractivity contribution in [2.45, 2.75) is 55.6 Å². The van der Waals surface area contributed by atoms with Gasteiger partial charge in [-0.25, -0.2) is 9.07 Å². The van der Waals surface area contributed by atoms with Gasteiger partial charge in [-0.2, -0.15) is 0 Å². The zero-order valence-corrected chi connectivity index (χ0v) is 15.2. The predicted molar refractivity (Wildman–Crippen MR) is 93.5 cm³/mol. The van der Waals surface area contributed by atoms with Gasteiger partial charge in [-0.15, -0.1) is 5.10 Å². The molecule has 1 heterocycles. The number of carbonyl (C=O) groups is 1. The van der Waals surface area contributed by atoms with Crippen molar-refractivity contribution in [1.82, 2.24) is 25.1 Å². The van der Waals surface area contributed by atoms with E-state index in [2.05, 4.69) is 15.5 Å². The molecule has 6 nitrogen and oxygen atoms in total. The molecule has 134 valence electrons. The van der Waals surface area contributed by atoms with E-state index in [1.54, 1.807) is 18.0 Å². The highest BCUT2D eigenvalue weighted by Gasteiger charge is 2.26. The summed E-state index contributed by atoms with van der Waals surface area (Å²) in [6.45, 7) is 2.22. The molecule has 2 aromatic rings. The van der Waals surface area contributed by atoms with Crippen molar-refractivity contribution in [1.29, 1.82) is 0 Å². The van der Waals surface area contributed by atoms with Gasteiger partial charge >= 0.3 is 0 Å². The molecular formula is C17H22FN5OS. The van der Waals surface area contributed by atoms with Gasteiger partial charge in [-0.1, -0.05) is 36.7 Å². The lowest BCUT2D eigenvalue weighted by Crippen LogP contribution is -2.33. The molecule has 1 saturated carbocycles. The number of tetrazole rings is 1. The van der Waals surface area contributed by atoms with Crippen LogP contribution in [0.3, 0.4) is 0 Å². The van der Waals surface area contributed by atoms with Crippen molar-refractivity contribution in [3.8, 4) is 0 Å². The van der Waals surface area contributed by atoms with Gasteiger partial charge in [0, 0.05) is 13.6 Å². The van der Waals surface area contributed by atoms with Crippen LogP contribution in [0.1, 0.15) is 44.2 Å². The number of halogens is 1. The Morgan fingerprint density at radius 1 is 1.44 bits per heavy atom. The van der Waals surface area contributed by atoms with E-state index in [-0.39, 0.29) is 17.0 Å². The minimum absolute atomic E-state index is 0.0322. The first-order valence-corrected chi connectivity index (χ1v) is 9.36. The second-order valence-electron chi connectivity index (χ2n) is 6.43. The van der Waals surface area contributed by atoms with Crippen LogP contribution in [0, 0.1) is 5.82 Å². The molecule has 0 saturated heterocycles. The van der Waals surface area contributed by atoms with Crippen LogP contribution in [0.15, 0.2) is 29.4 Å². The fourth-order valence-corrected chi connectivity index (χ4v) is 4.12. The number of amides is 1. The standard InChI is InChI=1S/C17H22FN5OS/c1-12(16(24)22(2)11-13-6-5-7-14(18)10-13)25-17-19-20-21-23(17)15-8-3-4-9-15/h5-7,10,12,15H,3-4,8-9,11H2,1-2H3. The van der Waals surface area contributed by atoms with Gasteiger partial charge in [0.2, 0.25) is 11.1 Å². The highest BCUT2D eigenvalue weighted by atomic mass is 32.2. The lowest BCUT2D eigenvalue weighted by Gasteiger charge is -2.21. The third-order valence-corrected chi connectivity index (χ3v) is 5.48. The van der Waals surface area contributed by atoms with E-state index in [1.165, 1.54) is 36.7 Å². The normalized spacial score (nSPS) is 16.1. The second-order valence-corrected chi connectivity index (χ2v) is 7.74. The lowest BCUT2D eigenvalue weighted by molar-refractivity contribution is -0.129. The summed E-state index contributed by atoms with van der Waals surface area (Å²) in [6, 6.07) is 6.64. The molecule has 0 bridgehead atoms. The SMILES string of the molecule is CC(Sc1nnnn1C1CCCC1)C(=O)N(C)Cc1cccc(F)c1. The van der Waals surface area contributed by atoms with Crippen LogP contribution in [0.2, 0.25) is 0 Å². The van der Waals surface area contributed by atoms with Crippen LogP contribution in [0.4, 0.5) is 4.39 Å². The Morgan fingerprint density at radius 3 is 2.92 bits per heavy atom.